The van der Waals surface area contributed by atoms with Crippen molar-refractivity contribution in [3.05, 3.63) is 112 Å². The zero-order valence-corrected chi connectivity index (χ0v) is 15.1. The number of nitrogens with zero attached hydrogens (tertiary/aromatic N) is 1. The van der Waals surface area contributed by atoms with Gasteiger partial charge in [-0.1, -0.05) is 84.4 Å². The van der Waals surface area contributed by atoms with Crippen molar-refractivity contribution in [3.8, 4) is 6.07 Å². The van der Waals surface area contributed by atoms with Gasteiger partial charge in [-0.05, 0) is 29.7 Å². The van der Waals surface area contributed by atoms with Crippen molar-refractivity contribution in [3.63, 3.8) is 0 Å². The van der Waals surface area contributed by atoms with E-state index >= 15 is 0 Å². The van der Waals surface area contributed by atoms with E-state index in [1.165, 1.54) is 0 Å². The molecule has 0 aromatic heterocycles. The number of rotatable bonds is 4. The summed E-state index contributed by atoms with van der Waals surface area (Å²) in [5, 5.41) is 10.3. The lowest BCUT2D eigenvalue weighted by Crippen LogP contribution is -2.27. The van der Waals surface area contributed by atoms with Crippen LogP contribution in [0.2, 0.25) is 0 Å². The normalized spacial score (nSPS) is 13.0. The van der Waals surface area contributed by atoms with Gasteiger partial charge in [0.15, 0.2) is 5.78 Å². The molecule has 0 amide bonds. The lowest BCUT2D eigenvalue weighted by molar-refractivity contribution is 0.103. The second kappa shape index (κ2) is 6.70. The van der Waals surface area contributed by atoms with E-state index < -0.39 is 5.41 Å². The first-order valence-corrected chi connectivity index (χ1v) is 9.02. The molecule has 0 bridgehead atoms. The van der Waals surface area contributed by atoms with Crippen molar-refractivity contribution in [2.75, 3.05) is 0 Å². The molecule has 2 nitrogen and oxygen atoms in total. The smallest absolute Gasteiger partial charge is 0.189 e. The van der Waals surface area contributed by atoms with E-state index in [1.54, 1.807) is 0 Å². The Bertz CT molecular complexity index is 1030. The summed E-state index contributed by atoms with van der Waals surface area (Å²) in [4.78, 5) is 13.0. The average Bonchev–Trinajstić information content (AvgIpc) is 3.02. The van der Waals surface area contributed by atoms with E-state index in [0.717, 1.165) is 27.8 Å². The summed E-state index contributed by atoms with van der Waals surface area (Å²) in [6, 6.07) is 27.9. The Morgan fingerprint density at radius 1 is 0.889 bits per heavy atom. The summed E-state index contributed by atoms with van der Waals surface area (Å²) in [5.74, 6) is 0.0245. The first-order valence-electron chi connectivity index (χ1n) is 9.02. The van der Waals surface area contributed by atoms with Crippen LogP contribution in [0.25, 0.3) is 6.08 Å². The molecule has 1 aliphatic carbocycles. The molecule has 0 saturated carbocycles. The van der Waals surface area contributed by atoms with Gasteiger partial charge in [-0.3, -0.25) is 4.79 Å². The SMILES string of the molecule is Cc1ccc2c(c1)C=C(CC(C#N)(c1ccccc1)c1ccccc1)C2=O. The van der Waals surface area contributed by atoms with Gasteiger partial charge >= 0.3 is 0 Å². The maximum atomic E-state index is 13.0. The standard InChI is InChI=1S/C25H19NO/c1-18-12-13-23-19(14-18)15-20(24(23)27)16-25(17-26,21-8-4-2-5-9-21)22-10-6-3-7-11-22/h2-15H,16H2,1H3. The van der Waals surface area contributed by atoms with E-state index in [1.807, 2.05) is 91.9 Å². The van der Waals surface area contributed by atoms with Crippen molar-refractivity contribution >= 4 is 11.9 Å². The number of allylic oxidation sites excluding steroid dienone is 1. The van der Waals surface area contributed by atoms with Crippen LogP contribution in [0.4, 0.5) is 0 Å². The summed E-state index contributed by atoms with van der Waals surface area (Å²) in [7, 11) is 0. The second-order valence-corrected chi connectivity index (χ2v) is 7.02. The number of fused-ring (bicyclic) bond motifs is 1. The van der Waals surface area contributed by atoms with Crippen molar-refractivity contribution < 1.29 is 4.79 Å². The Morgan fingerprint density at radius 3 is 2.04 bits per heavy atom. The zero-order valence-electron chi connectivity index (χ0n) is 15.1. The summed E-state index contributed by atoms with van der Waals surface area (Å²) in [5.41, 5.74) is 4.38. The fourth-order valence-electron chi connectivity index (χ4n) is 3.84. The highest BCUT2D eigenvalue weighted by atomic mass is 16.1. The molecule has 0 heterocycles. The third-order valence-electron chi connectivity index (χ3n) is 5.25. The summed E-state index contributed by atoms with van der Waals surface area (Å²) < 4.78 is 0. The number of benzene rings is 3. The van der Waals surface area contributed by atoms with Crippen molar-refractivity contribution in [2.45, 2.75) is 18.8 Å². The quantitative estimate of drug-likeness (QED) is 0.626. The molecule has 3 aromatic carbocycles. The van der Waals surface area contributed by atoms with E-state index in [0.29, 0.717) is 12.0 Å². The summed E-state index contributed by atoms with van der Waals surface area (Å²) in [6.45, 7) is 2.02. The van der Waals surface area contributed by atoms with Crippen molar-refractivity contribution in [2.24, 2.45) is 0 Å². The Labute approximate surface area is 159 Å². The van der Waals surface area contributed by atoms with Crippen molar-refractivity contribution in [1.29, 1.82) is 5.26 Å². The van der Waals surface area contributed by atoms with Crippen LogP contribution >= 0.6 is 0 Å². The molecule has 0 spiro atoms. The molecule has 4 rings (SSSR count). The number of aryl methyl sites for hydroxylation is 1. The molecule has 0 atom stereocenters. The highest BCUT2D eigenvalue weighted by Gasteiger charge is 2.38. The van der Waals surface area contributed by atoms with Crippen LogP contribution in [-0.2, 0) is 5.41 Å². The van der Waals surface area contributed by atoms with Crippen LogP contribution < -0.4 is 0 Å². The van der Waals surface area contributed by atoms with Crippen LogP contribution in [-0.4, -0.2) is 5.78 Å². The molecule has 0 unspecified atom stereocenters. The monoisotopic (exact) mass is 349 g/mol. The van der Waals surface area contributed by atoms with Gasteiger partial charge in [0.2, 0.25) is 0 Å². The van der Waals surface area contributed by atoms with Crippen LogP contribution in [0.3, 0.4) is 0 Å². The van der Waals surface area contributed by atoms with Crippen molar-refractivity contribution in [1.82, 2.24) is 0 Å². The summed E-state index contributed by atoms with van der Waals surface area (Å²) in [6.07, 6.45) is 2.30. The summed E-state index contributed by atoms with van der Waals surface area (Å²) >= 11 is 0. The molecular formula is C25H19NO. The van der Waals surface area contributed by atoms with Gasteiger partial charge < -0.3 is 0 Å². The van der Waals surface area contributed by atoms with Gasteiger partial charge in [0.25, 0.3) is 0 Å². The van der Waals surface area contributed by atoms with Crippen LogP contribution in [0.1, 0.15) is 39.0 Å². The molecule has 0 N–H and O–H groups in total. The number of hydrogen-bond donors (Lipinski definition) is 0. The number of carbonyl (C=O) groups is 1. The Morgan fingerprint density at radius 2 is 1.48 bits per heavy atom. The van der Waals surface area contributed by atoms with Gasteiger partial charge in [0.1, 0.15) is 5.41 Å². The van der Waals surface area contributed by atoms with Crippen LogP contribution in [0.15, 0.2) is 84.4 Å². The van der Waals surface area contributed by atoms with Gasteiger partial charge in [-0.25, -0.2) is 0 Å². The van der Waals surface area contributed by atoms with E-state index in [9.17, 15) is 10.1 Å². The first kappa shape index (κ1) is 17.0. The molecule has 0 fully saturated rings. The molecule has 0 aliphatic heterocycles. The number of carbonyl (C=O) groups excluding carboxylic acids is 1. The maximum Gasteiger partial charge on any atom is 0.189 e. The first-order chi connectivity index (χ1) is 13.1. The zero-order chi connectivity index (χ0) is 18.9. The Hall–Kier alpha value is -3.44. The minimum Gasteiger partial charge on any atom is -0.289 e. The maximum absolute atomic E-state index is 13.0. The molecule has 1 aliphatic rings. The molecule has 3 aromatic rings. The number of hydrogen-bond acceptors (Lipinski definition) is 2. The molecule has 130 valence electrons. The molecular weight excluding hydrogens is 330 g/mol. The van der Waals surface area contributed by atoms with Gasteiger partial charge in [-0.15, -0.1) is 0 Å². The minimum atomic E-state index is -0.902. The number of Topliss-reactive ketones (excluding diaryl/α,β-unsaturated/α-hetero) is 1. The van der Waals surface area contributed by atoms with Gasteiger partial charge in [-0.2, -0.15) is 5.26 Å². The minimum absolute atomic E-state index is 0.0245. The van der Waals surface area contributed by atoms with E-state index in [4.69, 9.17) is 0 Å². The molecule has 0 radical (unpaired) electrons. The molecule has 2 heteroatoms. The Kier molecular flexibility index (Phi) is 4.22. The molecule has 0 saturated heterocycles. The van der Waals surface area contributed by atoms with E-state index in [2.05, 4.69) is 6.07 Å². The second-order valence-electron chi connectivity index (χ2n) is 7.02. The van der Waals surface area contributed by atoms with Crippen LogP contribution in [0.5, 0.6) is 0 Å². The lowest BCUT2D eigenvalue weighted by Gasteiger charge is -2.28. The number of nitriles is 1. The fraction of sp³-hybridized carbons (Fsp3) is 0.120. The fourth-order valence-corrected chi connectivity index (χ4v) is 3.84. The lowest BCUT2D eigenvalue weighted by atomic mass is 9.71. The highest BCUT2D eigenvalue weighted by molar-refractivity contribution is 6.18. The topological polar surface area (TPSA) is 40.9 Å². The predicted octanol–water partition coefficient (Wildman–Crippen LogP) is 5.47. The average molecular weight is 349 g/mol. The third kappa shape index (κ3) is 2.88. The largest absolute Gasteiger partial charge is 0.289 e. The highest BCUT2D eigenvalue weighted by Crippen LogP contribution is 2.41. The predicted molar refractivity (Wildman–Crippen MR) is 107 cm³/mol. The van der Waals surface area contributed by atoms with E-state index in [-0.39, 0.29) is 5.78 Å². The van der Waals surface area contributed by atoms with Gasteiger partial charge in [0.05, 0.1) is 6.07 Å². The third-order valence-corrected chi connectivity index (χ3v) is 5.25. The van der Waals surface area contributed by atoms with Gasteiger partial charge in [0, 0.05) is 17.6 Å². The van der Waals surface area contributed by atoms with Crippen LogP contribution in [0, 0.1) is 18.3 Å². The number of ketones is 1. The Balaban J connectivity index is 1.83. The molecule has 27 heavy (non-hydrogen) atoms.